The van der Waals surface area contributed by atoms with Crippen LogP contribution in [0.5, 0.6) is 0 Å². The highest BCUT2D eigenvalue weighted by Gasteiger charge is 2.32. The maximum absolute atomic E-state index is 11.7. The van der Waals surface area contributed by atoms with Gasteiger partial charge in [-0.3, -0.25) is 4.79 Å². The fourth-order valence-corrected chi connectivity index (χ4v) is 1.54. The maximum atomic E-state index is 11.7. The second-order valence-corrected chi connectivity index (χ2v) is 6.48. The number of halogens is 4. The Balaban J connectivity index is 2.70. The van der Waals surface area contributed by atoms with Crippen LogP contribution >= 0.6 is 50.7 Å². The summed E-state index contributed by atoms with van der Waals surface area (Å²) in [5.41, 5.74) is 0.469. The molecule has 1 aromatic carbocycles. The molecule has 0 fully saturated rings. The van der Waals surface area contributed by atoms with Crippen molar-refractivity contribution in [1.29, 1.82) is 0 Å². The first kappa shape index (κ1) is 14.3. The summed E-state index contributed by atoms with van der Waals surface area (Å²) in [7, 11) is 0. The van der Waals surface area contributed by atoms with Crippen molar-refractivity contribution in [2.75, 3.05) is 0 Å². The van der Waals surface area contributed by atoms with E-state index in [1.54, 1.807) is 24.3 Å². The van der Waals surface area contributed by atoms with E-state index in [1.165, 1.54) is 0 Å². The van der Waals surface area contributed by atoms with Crippen LogP contribution in [-0.2, 0) is 0 Å². The second-order valence-electron chi connectivity index (χ2n) is 3.19. The SMILES string of the molecule is O=C(CC(O)C(Cl)(Cl)Cl)c1ccc(Br)cc1. The van der Waals surface area contributed by atoms with Gasteiger partial charge >= 0.3 is 0 Å². The lowest BCUT2D eigenvalue weighted by Crippen LogP contribution is -2.27. The summed E-state index contributed by atoms with van der Waals surface area (Å²) >= 11 is 19.6. The van der Waals surface area contributed by atoms with Gasteiger partial charge in [0.1, 0.15) is 6.10 Å². The van der Waals surface area contributed by atoms with Crippen LogP contribution in [0.3, 0.4) is 0 Å². The molecule has 6 heteroatoms. The Kier molecular flexibility index (Phi) is 5.08. The summed E-state index contributed by atoms with van der Waals surface area (Å²) in [6, 6.07) is 6.74. The summed E-state index contributed by atoms with van der Waals surface area (Å²) in [5, 5.41) is 9.45. The van der Waals surface area contributed by atoms with E-state index in [2.05, 4.69) is 15.9 Å². The van der Waals surface area contributed by atoms with E-state index >= 15 is 0 Å². The molecule has 88 valence electrons. The zero-order chi connectivity index (χ0) is 12.3. The average Bonchev–Trinajstić information content (AvgIpc) is 2.17. The smallest absolute Gasteiger partial charge is 0.216 e. The number of hydrogen-bond donors (Lipinski definition) is 1. The molecule has 0 radical (unpaired) electrons. The van der Waals surface area contributed by atoms with Crippen molar-refractivity contribution in [3.63, 3.8) is 0 Å². The van der Waals surface area contributed by atoms with Gasteiger partial charge in [-0.05, 0) is 12.1 Å². The summed E-state index contributed by atoms with van der Waals surface area (Å²) in [4.78, 5) is 11.7. The van der Waals surface area contributed by atoms with Gasteiger partial charge in [0, 0.05) is 16.5 Å². The maximum Gasteiger partial charge on any atom is 0.216 e. The molecule has 0 aromatic heterocycles. The number of Topliss-reactive ketones (excluding diaryl/α,β-unsaturated/α-hetero) is 1. The van der Waals surface area contributed by atoms with E-state index in [4.69, 9.17) is 34.8 Å². The molecule has 2 nitrogen and oxygen atoms in total. The van der Waals surface area contributed by atoms with Crippen LogP contribution in [0.25, 0.3) is 0 Å². The number of carbonyl (C=O) groups is 1. The van der Waals surface area contributed by atoms with Crippen molar-refractivity contribution in [1.82, 2.24) is 0 Å². The number of ketones is 1. The van der Waals surface area contributed by atoms with Crippen LogP contribution in [-0.4, -0.2) is 20.8 Å². The lowest BCUT2D eigenvalue weighted by Gasteiger charge is -2.17. The fourth-order valence-electron chi connectivity index (χ4n) is 1.04. The molecule has 1 atom stereocenters. The van der Waals surface area contributed by atoms with Gasteiger partial charge in [-0.25, -0.2) is 0 Å². The predicted molar refractivity (Wildman–Crippen MR) is 69.4 cm³/mol. The Hall–Kier alpha value is 0.200. The Morgan fingerprint density at radius 3 is 2.25 bits per heavy atom. The van der Waals surface area contributed by atoms with Crippen LogP contribution in [0.1, 0.15) is 16.8 Å². The monoisotopic (exact) mass is 344 g/mol. The Morgan fingerprint density at radius 1 is 1.31 bits per heavy atom. The molecule has 0 aliphatic carbocycles. The third kappa shape index (κ3) is 4.22. The Labute approximate surface area is 117 Å². The minimum Gasteiger partial charge on any atom is -0.388 e. The van der Waals surface area contributed by atoms with Gasteiger partial charge in [0.2, 0.25) is 3.79 Å². The molecule has 0 spiro atoms. The molecule has 1 aromatic rings. The van der Waals surface area contributed by atoms with Crippen molar-refractivity contribution in [3.8, 4) is 0 Å². The van der Waals surface area contributed by atoms with Crippen molar-refractivity contribution in [3.05, 3.63) is 34.3 Å². The van der Waals surface area contributed by atoms with Crippen LogP contribution in [0.15, 0.2) is 28.7 Å². The number of alkyl halides is 3. The molecule has 16 heavy (non-hydrogen) atoms. The number of aliphatic hydroxyl groups is 1. The molecular formula is C10H8BrCl3O2. The van der Waals surface area contributed by atoms with E-state index in [0.29, 0.717) is 5.56 Å². The highest BCUT2D eigenvalue weighted by Crippen LogP contribution is 2.32. The minimum atomic E-state index is -1.84. The highest BCUT2D eigenvalue weighted by atomic mass is 79.9. The number of hydrogen-bond acceptors (Lipinski definition) is 2. The lowest BCUT2D eigenvalue weighted by atomic mass is 10.1. The van der Waals surface area contributed by atoms with E-state index in [9.17, 15) is 9.90 Å². The molecule has 0 heterocycles. The zero-order valence-corrected chi connectivity index (χ0v) is 11.8. The average molecular weight is 346 g/mol. The Bertz CT molecular complexity index is 373. The van der Waals surface area contributed by atoms with Crippen molar-refractivity contribution in [2.24, 2.45) is 0 Å². The molecule has 0 amide bonds. The molecule has 1 N–H and O–H groups in total. The van der Waals surface area contributed by atoms with Crippen molar-refractivity contribution < 1.29 is 9.90 Å². The number of aliphatic hydroxyl groups excluding tert-OH is 1. The topological polar surface area (TPSA) is 37.3 Å². The van der Waals surface area contributed by atoms with E-state index < -0.39 is 9.90 Å². The fraction of sp³-hybridized carbons (Fsp3) is 0.300. The number of benzene rings is 1. The first-order valence-electron chi connectivity index (χ1n) is 4.34. The molecule has 1 rings (SSSR count). The summed E-state index contributed by atoms with van der Waals surface area (Å²) in [6.45, 7) is 0. The van der Waals surface area contributed by atoms with E-state index in [-0.39, 0.29) is 12.2 Å². The summed E-state index contributed by atoms with van der Waals surface area (Å²) in [5.74, 6) is -0.272. The van der Waals surface area contributed by atoms with Crippen LogP contribution < -0.4 is 0 Å². The van der Waals surface area contributed by atoms with Gasteiger partial charge < -0.3 is 5.11 Å². The molecular weight excluding hydrogens is 338 g/mol. The van der Waals surface area contributed by atoms with E-state index in [1.807, 2.05) is 0 Å². The van der Waals surface area contributed by atoms with Crippen LogP contribution in [0.2, 0.25) is 0 Å². The van der Waals surface area contributed by atoms with Gasteiger partial charge in [0.25, 0.3) is 0 Å². The quantitative estimate of drug-likeness (QED) is 0.668. The van der Waals surface area contributed by atoms with Gasteiger partial charge in [-0.1, -0.05) is 62.9 Å². The van der Waals surface area contributed by atoms with Gasteiger partial charge in [-0.2, -0.15) is 0 Å². The second kappa shape index (κ2) is 5.69. The molecule has 0 saturated carbocycles. The van der Waals surface area contributed by atoms with E-state index in [0.717, 1.165) is 4.47 Å². The number of rotatable bonds is 3. The van der Waals surface area contributed by atoms with Crippen molar-refractivity contribution >= 4 is 56.5 Å². The van der Waals surface area contributed by atoms with Crippen LogP contribution in [0.4, 0.5) is 0 Å². The largest absolute Gasteiger partial charge is 0.388 e. The molecule has 1 unspecified atom stereocenters. The molecule has 0 aliphatic heterocycles. The van der Waals surface area contributed by atoms with Gasteiger partial charge in [0.15, 0.2) is 5.78 Å². The lowest BCUT2D eigenvalue weighted by molar-refractivity contribution is 0.0884. The molecule has 0 saturated heterocycles. The van der Waals surface area contributed by atoms with Crippen molar-refractivity contribution in [2.45, 2.75) is 16.3 Å². The summed E-state index contributed by atoms with van der Waals surface area (Å²) in [6.07, 6.45) is -1.54. The first-order chi connectivity index (χ1) is 7.30. The predicted octanol–water partition coefficient (Wildman–Crippen LogP) is 3.75. The van der Waals surface area contributed by atoms with Crippen LogP contribution in [0, 0.1) is 0 Å². The van der Waals surface area contributed by atoms with Gasteiger partial charge in [-0.15, -0.1) is 0 Å². The Morgan fingerprint density at radius 2 is 1.81 bits per heavy atom. The third-order valence-corrected chi connectivity index (χ3v) is 3.21. The number of carbonyl (C=O) groups excluding carboxylic acids is 1. The minimum absolute atomic E-state index is 0.224. The zero-order valence-electron chi connectivity index (χ0n) is 7.96. The highest BCUT2D eigenvalue weighted by molar-refractivity contribution is 9.10. The molecule has 0 bridgehead atoms. The standard InChI is InChI=1S/C10H8BrCl3O2/c11-7-3-1-6(2-4-7)8(15)5-9(16)10(12,13)14/h1-4,9,16H,5H2. The molecule has 0 aliphatic rings. The normalized spacial score (nSPS) is 13.6. The first-order valence-corrected chi connectivity index (χ1v) is 6.27. The third-order valence-electron chi connectivity index (χ3n) is 1.92. The summed E-state index contributed by atoms with van der Waals surface area (Å²) < 4.78 is -0.976. The van der Waals surface area contributed by atoms with Gasteiger partial charge in [0.05, 0.1) is 0 Å².